The summed E-state index contributed by atoms with van der Waals surface area (Å²) in [7, 11) is 0. The Kier molecular flexibility index (Phi) is 13.0. The maximum Gasteiger partial charge on any atom is 0.252 e. The predicted octanol–water partition coefficient (Wildman–Crippen LogP) is 21.4. The number of rotatable bonds is 5. The molecule has 0 N–H and O–H groups in total. The molecule has 4 heteroatoms. The van der Waals surface area contributed by atoms with Crippen molar-refractivity contribution in [2.24, 2.45) is 0 Å². The van der Waals surface area contributed by atoms with E-state index in [0.29, 0.717) is 0 Å². The molecule has 0 atom stereocenters. The summed E-state index contributed by atoms with van der Waals surface area (Å²) in [4.78, 5) is 7.96. The van der Waals surface area contributed by atoms with E-state index in [2.05, 4.69) is 313 Å². The van der Waals surface area contributed by atoms with Crippen molar-refractivity contribution in [3.05, 3.63) is 201 Å². The first kappa shape index (κ1) is 59.2. The topological polar surface area (TPSA) is 9.72 Å². The second-order valence-corrected chi connectivity index (χ2v) is 34.5. The van der Waals surface area contributed by atoms with Crippen LogP contribution in [0.15, 0.2) is 146 Å². The first-order valence-corrected chi connectivity index (χ1v) is 32.9. The summed E-state index contributed by atoms with van der Waals surface area (Å²) in [6, 6.07) is 59.3. The minimum absolute atomic E-state index is 0.00670. The highest BCUT2D eigenvalue weighted by atomic mass is 15.2. The first-order chi connectivity index (χ1) is 40.4. The maximum absolute atomic E-state index is 2.74. The molecule has 2 aliphatic heterocycles. The molecular weight excluding hydrogens is 1050 g/mol. The van der Waals surface area contributed by atoms with Crippen molar-refractivity contribution < 1.29 is 0 Å². The van der Waals surface area contributed by atoms with Gasteiger partial charge in [0.2, 0.25) is 0 Å². The lowest BCUT2D eigenvalue weighted by molar-refractivity contribution is 0.332. The lowest BCUT2D eigenvalue weighted by atomic mass is 9.33. The number of hydrogen-bond acceptors (Lipinski definition) is 3. The van der Waals surface area contributed by atoms with E-state index in [1.54, 1.807) is 0 Å². The highest BCUT2D eigenvalue weighted by Crippen LogP contribution is 2.56. The van der Waals surface area contributed by atoms with Gasteiger partial charge in [0.1, 0.15) is 0 Å². The molecule has 448 valence electrons. The molecule has 0 amide bonds. The zero-order valence-electron chi connectivity index (χ0n) is 57.1. The van der Waals surface area contributed by atoms with Gasteiger partial charge < -0.3 is 14.7 Å². The van der Waals surface area contributed by atoms with Gasteiger partial charge in [-0.3, -0.25) is 0 Å². The molecule has 8 aromatic carbocycles. The van der Waals surface area contributed by atoms with Crippen molar-refractivity contribution in [3.63, 3.8) is 0 Å². The molecular formula is C83H98BN3. The minimum Gasteiger partial charge on any atom is -0.311 e. The van der Waals surface area contributed by atoms with E-state index in [4.69, 9.17) is 0 Å². The molecule has 3 aliphatic carbocycles. The molecule has 13 rings (SSSR count). The van der Waals surface area contributed by atoms with Gasteiger partial charge in [0.05, 0.1) is 0 Å². The van der Waals surface area contributed by atoms with Gasteiger partial charge in [0, 0.05) is 56.6 Å². The predicted molar refractivity (Wildman–Crippen MR) is 378 cm³/mol. The van der Waals surface area contributed by atoms with Crippen LogP contribution in [0.4, 0.5) is 51.2 Å². The Balaban J connectivity index is 1.13. The van der Waals surface area contributed by atoms with Gasteiger partial charge in [-0.15, -0.1) is 0 Å². The van der Waals surface area contributed by atoms with Crippen molar-refractivity contribution in [3.8, 4) is 11.1 Å². The number of anilines is 9. The van der Waals surface area contributed by atoms with E-state index in [0.717, 1.165) is 36.3 Å². The normalized spacial score (nSPS) is 18.2. The summed E-state index contributed by atoms with van der Waals surface area (Å²) in [5, 5.41) is 0. The number of hydrogen-bond donors (Lipinski definition) is 0. The lowest BCUT2D eigenvalue weighted by Gasteiger charge is -2.48. The summed E-state index contributed by atoms with van der Waals surface area (Å²) < 4.78 is 0. The molecule has 5 aliphatic rings. The fourth-order valence-corrected chi connectivity index (χ4v) is 15.9. The quantitative estimate of drug-likeness (QED) is 0.159. The summed E-state index contributed by atoms with van der Waals surface area (Å²) >= 11 is 0. The van der Waals surface area contributed by atoms with E-state index >= 15 is 0 Å². The van der Waals surface area contributed by atoms with Gasteiger partial charge in [0.15, 0.2) is 0 Å². The van der Waals surface area contributed by atoms with Crippen molar-refractivity contribution in [1.29, 1.82) is 0 Å². The van der Waals surface area contributed by atoms with E-state index in [9.17, 15) is 0 Å². The van der Waals surface area contributed by atoms with Crippen molar-refractivity contribution >= 4 is 74.3 Å². The van der Waals surface area contributed by atoms with Crippen LogP contribution in [0.5, 0.6) is 0 Å². The van der Waals surface area contributed by atoms with Gasteiger partial charge in [-0.05, 0) is 231 Å². The average Bonchev–Trinajstić information content (AvgIpc) is 0.874. The second kappa shape index (κ2) is 19.1. The third-order valence-electron chi connectivity index (χ3n) is 22.0. The van der Waals surface area contributed by atoms with E-state index in [1.807, 2.05) is 0 Å². The van der Waals surface area contributed by atoms with Gasteiger partial charge in [0.25, 0.3) is 6.71 Å². The fraction of sp³-hybridized carbons (Fsp3) is 0.422. The average molecular weight is 1150 g/mol. The Labute approximate surface area is 525 Å². The Hall–Kier alpha value is -6.78. The Bertz CT molecular complexity index is 4060. The van der Waals surface area contributed by atoms with Crippen LogP contribution in [-0.4, -0.2) is 6.71 Å². The van der Waals surface area contributed by atoms with Crippen LogP contribution < -0.4 is 31.1 Å². The smallest absolute Gasteiger partial charge is 0.252 e. The van der Waals surface area contributed by atoms with Gasteiger partial charge >= 0.3 is 0 Å². The third-order valence-corrected chi connectivity index (χ3v) is 22.0. The standard InChI is InChI=1S/C83H98BN3/c1-75(2,3)51-23-28-55(29-24-51)85(56-30-25-52(26-31-56)76(4,5)6)59-34-38-68-70(48-59)86(57-32-36-61-60-35-27-53(77(7,8)9)43-63(60)83(21,22)64(61)46-57)72-44-54(78(10,11)12)45-73-74(72)84(68)69-49-66-67(82(19,20)42-41-81(66,17)18)50-71(69)87(73)58-33-37-62-65(47-58)80(15,16)40-39-79(62,13)14/h23-38,43-50H,39-42H2,1-22H3. The third kappa shape index (κ3) is 9.48. The zero-order chi connectivity index (χ0) is 62.5. The Morgan fingerprint density at radius 3 is 1.21 bits per heavy atom. The molecule has 0 saturated carbocycles. The molecule has 0 saturated heterocycles. The van der Waals surface area contributed by atoms with Gasteiger partial charge in [-0.2, -0.15) is 0 Å². The molecule has 0 unspecified atom stereocenters. The largest absolute Gasteiger partial charge is 0.311 e. The van der Waals surface area contributed by atoms with Gasteiger partial charge in [-0.1, -0.05) is 219 Å². The highest BCUT2D eigenvalue weighted by Gasteiger charge is 2.49. The summed E-state index contributed by atoms with van der Waals surface area (Å²) in [6.07, 6.45) is 4.66. The maximum atomic E-state index is 2.74. The molecule has 87 heavy (non-hydrogen) atoms. The molecule has 0 spiro atoms. The van der Waals surface area contributed by atoms with Gasteiger partial charge in [-0.25, -0.2) is 0 Å². The number of fused-ring (bicyclic) bond motifs is 9. The number of benzene rings is 8. The Morgan fingerprint density at radius 2 is 0.713 bits per heavy atom. The van der Waals surface area contributed by atoms with Crippen LogP contribution in [0.25, 0.3) is 11.1 Å². The molecule has 2 heterocycles. The SMILES string of the molecule is CC(C)(C)c1ccc(N(c2ccc(C(C)(C)C)cc2)c2ccc3c(c2)N(c2ccc4c(c2)C(C)(C)c2cc(C(C)(C)C)ccc2-4)c2cc(C(C)(C)C)cc4c2B3c2cc3c(cc2N4c2ccc4c(c2)C(C)(C)CCC4(C)C)C(C)(C)CCC3(C)C)cc1. The van der Waals surface area contributed by atoms with Crippen LogP contribution in [0.1, 0.15) is 234 Å². The minimum atomic E-state index is -0.225. The zero-order valence-corrected chi connectivity index (χ0v) is 57.1. The van der Waals surface area contributed by atoms with E-state index in [-0.39, 0.29) is 55.4 Å². The molecule has 0 aromatic heterocycles. The van der Waals surface area contributed by atoms with Crippen molar-refractivity contribution in [2.75, 3.05) is 14.7 Å². The summed E-state index contributed by atoms with van der Waals surface area (Å²) in [5.74, 6) is 0. The van der Waals surface area contributed by atoms with E-state index < -0.39 is 0 Å². The monoisotopic (exact) mass is 1150 g/mol. The molecule has 0 radical (unpaired) electrons. The molecule has 8 aromatic rings. The van der Waals surface area contributed by atoms with Crippen LogP contribution in [0.2, 0.25) is 0 Å². The number of nitrogens with zero attached hydrogens (tertiary/aromatic N) is 3. The fourth-order valence-electron chi connectivity index (χ4n) is 15.9. The summed E-state index contributed by atoms with van der Waals surface area (Å²) in [5.41, 5.74) is 31.7. The lowest BCUT2D eigenvalue weighted by Crippen LogP contribution is -2.62. The Morgan fingerprint density at radius 1 is 0.322 bits per heavy atom. The van der Waals surface area contributed by atoms with Crippen LogP contribution >= 0.6 is 0 Å². The molecule has 3 nitrogen and oxygen atoms in total. The van der Waals surface area contributed by atoms with E-state index in [1.165, 1.54) is 124 Å². The first-order valence-electron chi connectivity index (χ1n) is 32.9. The molecule has 0 bridgehead atoms. The second-order valence-electron chi connectivity index (χ2n) is 34.5. The summed E-state index contributed by atoms with van der Waals surface area (Å²) in [6.45, 7) is 52.9. The van der Waals surface area contributed by atoms with Crippen LogP contribution in [0.3, 0.4) is 0 Å². The van der Waals surface area contributed by atoms with Crippen molar-refractivity contribution in [1.82, 2.24) is 0 Å². The van der Waals surface area contributed by atoms with Crippen LogP contribution in [-0.2, 0) is 48.7 Å². The molecule has 0 fully saturated rings. The van der Waals surface area contributed by atoms with Crippen LogP contribution in [0, 0.1) is 0 Å². The van der Waals surface area contributed by atoms with Crippen molar-refractivity contribution in [2.45, 2.75) is 227 Å². The highest BCUT2D eigenvalue weighted by molar-refractivity contribution is 7.00.